The molecule has 1 aromatic heterocycles. The van der Waals surface area contributed by atoms with Crippen LogP contribution in [0.1, 0.15) is 23.3 Å². The van der Waals surface area contributed by atoms with E-state index >= 15 is 0 Å². The molecule has 1 N–H and O–H groups in total. The number of benzene rings is 1. The Bertz CT molecular complexity index is 634. The third kappa shape index (κ3) is 3.21. The van der Waals surface area contributed by atoms with E-state index in [2.05, 4.69) is 5.16 Å². The van der Waals surface area contributed by atoms with Crippen molar-refractivity contribution in [1.82, 2.24) is 5.16 Å². The van der Waals surface area contributed by atoms with Gasteiger partial charge in [-0.3, -0.25) is 0 Å². The summed E-state index contributed by atoms with van der Waals surface area (Å²) in [6.45, 7) is 0. The van der Waals surface area contributed by atoms with Crippen molar-refractivity contribution in [2.75, 3.05) is 11.5 Å². The van der Waals surface area contributed by atoms with Gasteiger partial charge in [-0.15, -0.1) is 0 Å². The quantitative estimate of drug-likeness (QED) is 0.934. The van der Waals surface area contributed by atoms with Crippen LogP contribution in [0.4, 0.5) is 0 Å². The second-order valence-corrected chi connectivity index (χ2v) is 5.98. The topological polar surface area (TPSA) is 72.6 Å². The third-order valence-electron chi connectivity index (χ3n) is 3.29. The van der Waals surface area contributed by atoms with Crippen LogP contribution in [0.2, 0.25) is 0 Å². The second kappa shape index (κ2) is 6.22. The Balaban J connectivity index is 1.85. The van der Waals surface area contributed by atoms with Crippen molar-refractivity contribution in [3.63, 3.8) is 0 Å². The first-order valence-electron chi connectivity index (χ1n) is 6.78. The normalized spacial score (nSPS) is 18.4. The molecule has 1 aromatic carbocycles. The molecular weight excluding hydrogens is 290 g/mol. The largest absolute Gasteiger partial charge is 0.489 e. The minimum Gasteiger partial charge on any atom is -0.489 e. The monoisotopic (exact) mass is 305 g/mol. The molecule has 3 rings (SSSR count). The predicted octanol–water partition coefficient (Wildman–Crippen LogP) is 3.31. The SMILES string of the molecule is O=C(O)c1cc(-c2ccccc2OC2CCCSC2)on1. The molecule has 1 aliphatic heterocycles. The number of carbonyl (C=O) groups is 1. The highest BCUT2D eigenvalue weighted by atomic mass is 32.2. The number of carboxylic acids is 1. The van der Waals surface area contributed by atoms with Gasteiger partial charge < -0.3 is 14.4 Å². The number of para-hydroxylation sites is 1. The van der Waals surface area contributed by atoms with Crippen molar-refractivity contribution < 1.29 is 19.2 Å². The Morgan fingerprint density at radius 2 is 2.29 bits per heavy atom. The molecule has 6 heteroatoms. The van der Waals surface area contributed by atoms with Crippen LogP contribution in [0.3, 0.4) is 0 Å². The van der Waals surface area contributed by atoms with E-state index in [1.54, 1.807) is 0 Å². The predicted molar refractivity (Wildman–Crippen MR) is 79.9 cm³/mol. The fourth-order valence-electron chi connectivity index (χ4n) is 2.26. The zero-order valence-electron chi connectivity index (χ0n) is 11.3. The van der Waals surface area contributed by atoms with Crippen LogP contribution in [0, 0.1) is 0 Å². The van der Waals surface area contributed by atoms with E-state index in [9.17, 15) is 4.79 Å². The van der Waals surface area contributed by atoms with Gasteiger partial charge in [0.1, 0.15) is 11.9 Å². The van der Waals surface area contributed by atoms with E-state index in [4.69, 9.17) is 14.4 Å². The third-order valence-corrected chi connectivity index (χ3v) is 4.48. The highest BCUT2D eigenvalue weighted by molar-refractivity contribution is 7.99. The average molecular weight is 305 g/mol. The molecule has 0 amide bonds. The first kappa shape index (κ1) is 14.0. The van der Waals surface area contributed by atoms with E-state index < -0.39 is 5.97 Å². The molecule has 1 unspecified atom stereocenters. The number of aromatic carboxylic acids is 1. The van der Waals surface area contributed by atoms with Crippen molar-refractivity contribution in [2.45, 2.75) is 18.9 Å². The molecule has 5 nitrogen and oxygen atoms in total. The van der Waals surface area contributed by atoms with Gasteiger partial charge in [-0.1, -0.05) is 17.3 Å². The van der Waals surface area contributed by atoms with Gasteiger partial charge >= 0.3 is 5.97 Å². The van der Waals surface area contributed by atoms with Crippen molar-refractivity contribution in [3.8, 4) is 17.1 Å². The number of hydrogen-bond acceptors (Lipinski definition) is 5. The lowest BCUT2D eigenvalue weighted by molar-refractivity contribution is 0.0686. The zero-order valence-corrected chi connectivity index (χ0v) is 12.1. The molecule has 0 saturated carbocycles. The maximum atomic E-state index is 10.9. The van der Waals surface area contributed by atoms with Gasteiger partial charge in [0.2, 0.25) is 0 Å². The minimum absolute atomic E-state index is 0.104. The summed E-state index contributed by atoms with van der Waals surface area (Å²) in [5, 5.41) is 12.5. The Kier molecular flexibility index (Phi) is 4.15. The Morgan fingerprint density at radius 1 is 1.43 bits per heavy atom. The van der Waals surface area contributed by atoms with Crippen molar-refractivity contribution >= 4 is 17.7 Å². The van der Waals surface area contributed by atoms with E-state index in [0.29, 0.717) is 11.5 Å². The molecule has 2 aromatic rings. The maximum absolute atomic E-state index is 10.9. The van der Waals surface area contributed by atoms with Gasteiger partial charge in [-0.2, -0.15) is 11.8 Å². The number of ether oxygens (including phenoxy) is 1. The summed E-state index contributed by atoms with van der Waals surface area (Å²) >= 11 is 1.89. The Morgan fingerprint density at radius 3 is 3.00 bits per heavy atom. The summed E-state index contributed by atoms with van der Waals surface area (Å²) in [6.07, 6.45) is 2.38. The molecule has 2 heterocycles. The van der Waals surface area contributed by atoms with Crippen LogP contribution >= 0.6 is 11.8 Å². The first-order chi connectivity index (χ1) is 10.2. The highest BCUT2D eigenvalue weighted by Gasteiger charge is 2.19. The maximum Gasteiger partial charge on any atom is 0.358 e. The van der Waals surface area contributed by atoms with E-state index in [1.165, 1.54) is 11.8 Å². The molecule has 21 heavy (non-hydrogen) atoms. The summed E-state index contributed by atoms with van der Waals surface area (Å²) in [5.74, 6) is 2.17. The van der Waals surface area contributed by atoms with Crippen molar-refractivity contribution in [2.24, 2.45) is 0 Å². The van der Waals surface area contributed by atoms with Crippen LogP contribution in [0.5, 0.6) is 5.75 Å². The number of thioether (sulfide) groups is 1. The molecule has 0 spiro atoms. The molecule has 0 aliphatic carbocycles. The molecule has 1 saturated heterocycles. The van der Waals surface area contributed by atoms with Gasteiger partial charge in [0.15, 0.2) is 11.5 Å². The smallest absolute Gasteiger partial charge is 0.358 e. The van der Waals surface area contributed by atoms with Crippen LogP contribution in [0.15, 0.2) is 34.9 Å². The van der Waals surface area contributed by atoms with Crippen molar-refractivity contribution in [3.05, 3.63) is 36.0 Å². The van der Waals surface area contributed by atoms with Gasteiger partial charge in [0.25, 0.3) is 0 Å². The zero-order chi connectivity index (χ0) is 14.7. The molecule has 1 atom stereocenters. The van der Waals surface area contributed by atoms with E-state index in [0.717, 1.165) is 24.2 Å². The molecule has 0 radical (unpaired) electrons. The summed E-state index contributed by atoms with van der Waals surface area (Å²) in [7, 11) is 0. The number of aromatic nitrogens is 1. The Hall–Kier alpha value is -1.95. The van der Waals surface area contributed by atoms with Gasteiger partial charge in [-0.25, -0.2) is 4.79 Å². The lowest BCUT2D eigenvalue weighted by Crippen LogP contribution is -2.23. The van der Waals surface area contributed by atoms with Gasteiger partial charge in [-0.05, 0) is 30.7 Å². The highest BCUT2D eigenvalue weighted by Crippen LogP contribution is 2.32. The van der Waals surface area contributed by atoms with Crippen LogP contribution in [-0.4, -0.2) is 33.8 Å². The first-order valence-corrected chi connectivity index (χ1v) is 7.93. The van der Waals surface area contributed by atoms with Gasteiger partial charge in [0.05, 0.1) is 5.56 Å². The van der Waals surface area contributed by atoms with E-state index in [1.807, 2.05) is 36.0 Å². The van der Waals surface area contributed by atoms with Crippen molar-refractivity contribution in [1.29, 1.82) is 0 Å². The number of hydrogen-bond donors (Lipinski definition) is 1. The molecule has 1 fully saturated rings. The van der Waals surface area contributed by atoms with Crippen LogP contribution in [0.25, 0.3) is 11.3 Å². The number of nitrogens with zero attached hydrogens (tertiary/aromatic N) is 1. The number of carboxylic acid groups (broad SMARTS) is 1. The molecule has 1 aliphatic rings. The second-order valence-electron chi connectivity index (χ2n) is 4.83. The summed E-state index contributed by atoms with van der Waals surface area (Å²) in [5.41, 5.74) is 0.626. The fraction of sp³-hybridized carbons (Fsp3) is 0.333. The minimum atomic E-state index is -1.10. The summed E-state index contributed by atoms with van der Waals surface area (Å²) in [6, 6.07) is 8.89. The molecular formula is C15H15NO4S. The van der Waals surface area contributed by atoms with Crippen LogP contribution in [-0.2, 0) is 0 Å². The molecule has 110 valence electrons. The Labute approximate surface area is 126 Å². The molecule has 0 bridgehead atoms. The lowest BCUT2D eigenvalue weighted by Gasteiger charge is -2.23. The van der Waals surface area contributed by atoms with Gasteiger partial charge in [0, 0.05) is 11.8 Å². The average Bonchev–Trinajstić information content (AvgIpc) is 2.99. The van der Waals surface area contributed by atoms with Crippen LogP contribution < -0.4 is 4.74 Å². The lowest BCUT2D eigenvalue weighted by atomic mass is 10.1. The summed E-state index contributed by atoms with van der Waals surface area (Å²) < 4.78 is 11.2. The van der Waals surface area contributed by atoms with E-state index in [-0.39, 0.29) is 11.8 Å². The fourth-order valence-corrected chi connectivity index (χ4v) is 3.29. The standard InChI is InChI=1S/C15H15NO4S/c17-15(18)12-8-14(20-16-12)11-5-1-2-6-13(11)19-10-4-3-7-21-9-10/h1-2,5-6,8,10H,3-4,7,9H2,(H,17,18). The number of rotatable bonds is 4. The summed E-state index contributed by atoms with van der Waals surface area (Å²) in [4.78, 5) is 10.9.